The van der Waals surface area contributed by atoms with Crippen molar-refractivity contribution in [2.75, 3.05) is 0 Å². The van der Waals surface area contributed by atoms with Gasteiger partial charge in [0.2, 0.25) is 11.8 Å². The monoisotopic (exact) mass is 314 g/mol. The summed E-state index contributed by atoms with van der Waals surface area (Å²) in [5, 5.41) is 8.95. The molecular weight excluding hydrogens is 300 g/mol. The maximum absolute atomic E-state index is 12.6. The number of aryl methyl sites for hydroxylation is 1. The summed E-state index contributed by atoms with van der Waals surface area (Å²) in [7, 11) is 0. The Kier molecular flexibility index (Phi) is 4.06. The van der Waals surface area contributed by atoms with Gasteiger partial charge in [0.05, 0.1) is 16.7 Å². The first-order valence-electron chi connectivity index (χ1n) is 6.71. The van der Waals surface area contributed by atoms with E-state index in [9.17, 15) is 4.79 Å². The molecule has 0 radical (unpaired) electrons. The molecular formula is C15H14N4O2S. The topological polar surface area (TPSA) is 73.8 Å². The van der Waals surface area contributed by atoms with Gasteiger partial charge in [0, 0.05) is 13.5 Å². The zero-order valence-electron chi connectivity index (χ0n) is 12.0. The zero-order valence-corrected chi connectivity index (χ0v) is 12.8. The SMILES string of the molecule is C=CCn1c(SCc2nnc(C)o2)nc2ccccc2c1=O. The van der Waals surface area contributed by atoms with Gasteiger partial charge in [-0.15, -0.1) is 16.8 Å². The van der Waals surface area contributed by atoms with Gasteiger partial charge in [-0.25, -0.2) is 4.98 Å². The van der Waals surface area contributed by atoms with E-state index in [4.69, 9.17) is 4.42 Å². The van der Waals surface area contributed by atoms with Crippen molar-refractivity contribution >= 4 is 22.7 Å². The molecule has 6 nitrogen and oxygen atoms in total. The van der Waals surface area contributed by atoms with E-state index in [-0.39, 0.29) is 5.56 Å². The van der Waals surface area contributed by atoms with Crippen LogP contribution in [0.15, 0.2) is 51.3 Å². The molecule has 3 aromatic rings. The molecule has 0 atom stereocenters. The van der Waals surface area contributed by atoms with Gasteiger partial charge in [-0.05, 0) is 12.1 Å². The number of thioether (sulfide) groups is 1. The van der Waals surface area contributed by atoms with Crippen molar-refractivity contribution in [3.8, 4) is 0 Å². The first-order chi connectivity index (χ1) is 10.7. The van der Waals surface area contributed by atoms with Crippen molar-refractivity contribution in [2.24, 2.45) is 0 Å². The summed E-state index contributed by atoms with van der Waals surface area (Å²) in [4.78, 5) is 17.1. The third kappa shape index (κ3) is 2.80. The molecule has 0 unspecified atom stereocenters. The van der Waals surface area contributed by atoms with Crippen LogP contribution >= 0.6 is 11.8 Å². The Balaban J connectivity index is 2.01. The quantitative estimate of drug-likeness (QED) is 0.409. The van der Waals surface area contributed by atoms with Crippen LogP contribution in [0.25, 0.3) is 10.9 Å². The fraction of sp³-hybridized carbons (Fsp3) is 0.200. The van der Waals surface area contributed by atoms with E-state index in [1.165, 1.54) is 11.8 Å². The summed E-state index contributed by atoms with van der Waals surface area (Å²) in [5.74, 6) is 1.49. The van der Waals surface area contributed by atoms with Gasteiger partial charge >= 0.3 is 0 Å². The second-order valence-corrected chi connectivity index (χ2v) is 5.56. The van der Waals surface area contributed by atoms with Crippen LogP contribution in [0.1, 0.15) is 11.8 Å². The van der Waals surface area contributed by atoms with Crippen molar-refractivity contribution in [1.29, 1.82) is 0 Å². The van der Waals surface area contributed by atoms with Crippen LogP contribution in [0.3, 0.4) is 0 Å². The number of allylic oxidation sites excluding steroid dienone is 1. The number of hydrogen-bond acceptors (Lipinski definition) is 6. The molecule has 2 aromatic heterocycles. The average Bonchev–Trinajstić information content (AvgIpc) is 2.94. The number of benzene rings is 1. The molecule has 1 aromatic carbocycles. The molecule has 2 heterocycles. The fourth-order valence-corrected chi connectivity index (χ4v) is 2.92. The number of rotatable bonds is 5. The Morgan fingerprint density at radius 1 is 1.36 bits per heavy atom. The lowest BCUT2D eigenvalue weighted by atomic mass is 10.2. The zero-order chi connectivity index (χ0) is 15.5. The molecule has 0 aliphatic heterocycles. The predicted octanol–water partition coefficient (Wildman–Crippen LogP) is 2.57. The third-order valence-corrected chi connectivity index (χ3v) is 3.99. The molecule has 3 rings (SSSR count). The van der Waals surface area contributed by atoms with E-state index in [1.54, 1.807) is 23.6 Å². The summed E-state index contributed by atoms with van der Waals surface area (Å²) >= 11 is 1.39. The largest absolute Gasteiger partial charge is 0.425 e. The molecule has 0 N–H and O–H groups in total. The van der Waals surface area contributed by atoms with E-state index in [0.717, 1.165) is 0 Å². The third-order valence-electron chi connectivity index (χ3n) is 3.03. The van der Waals surface area contributed by atoms with Crippen LogP contribution in [0.4, 0.5) is 0 Å². The lowest BCUT2D eigenvalue weighted by Gasteiger charge is -2.10. The molecule has 22 heavy (non-hydrogen) atoms. The fourth-order valence-electron chi connectivity index (χ4n) is 2.07. The number of nitrogens with zero attached hydrogens (tertiary/aromatic N) is 4. The molecule has 0 amide bonds. The smallest absolute Gasteiger partial charge is 0.262 e. The maximum atomic E-state index is 12.6. The van der Waals surface area contributed by atoms with Gasteiger partial charge in [0.25, 0.3) is 5.56 Å². The average molecular weight is 314 g/mol. The number of fused-ring (bicyclic) bond motifs is 1. The van der Waals surface area contributed by atoms with E-state index >= 15 is 0 Å². The molecule has 7 heteroatoms. The van der Waals surface area contributed by atoms with Gasteiger partial charge in [-0.2, -0.15) is 0 Å². The van der Waals surface area contributed by atoms with Crippen LogP contribution in [-0.4, -0.2) is 19.7 Å². The Morgan fingerprint density at radius 2 is 2.18 bits per heavy atom. The van der Waals surface area contributed by atoms with Crippen molar-refractivity contribution in [3.05, 3.63) is 59.1 Å². The number of aromatic nitrogens is 4. The number of para-hydroxylation sites is 1. The van der Waals surface area contributed by atoms with E-state index in [2.05, 4.69) is 21.8 Å². The van der Waals surface area contributed by atoms with Crippen LogP contribution in [0, 0.1) is 6.92 Å². The van der Waals surface area contributed by atoms with Crippen LogP contribution < -0.4 is 5.56 Å². The molecule has 0 aliphatic carbocycles. The van der Waals surface area contributed by atoms with Crippen molar-refractivity contribution in [2.45, 2.75) is 24.4 Å². The summed E-state index contributed by atoms with van der Waals surface area (Å²) in [5.41, 5.74) is 0.603. The lowest BCUT2D eigenvalue weighted by Crippen LogP contribution is -2.22. The summed E-state index contributed by atoms with van der Waals surface area (Å²) in [6, 6.07) is 7.30. The first-order valence-corrected chi connectivity index (χ1v) is 7.70. The first kappa shape index (κ1) is 14.5. The second kappa shape index (κ2) is 6.15. The van der Waals surface area contributed by atoms with Gasteiger partial charge < -0.3 is 4.42 Å². The molecule has 0 bridgehead atoms. The highest BCUT2D eigenvalue weighted by molar-refractivity contribution is 7.98. The summed E-state index contributed by atoms with van der Waals surface area (Å²) in [6.45, 7) is 5.85. The highest BCUT2D eigenvalue weighted by atomic mass is 32.2. The van der Waals surface area contributed by atoms with Gasteiger partial charge in [-0.3, -0.25) is 9.36 Å². The Morgan fingerprint density at radius 3 is 2.91 bits per heavy atom. The molecule has 0 spiro atoms. The lowest BCUT2D eigenvalue weighted by molar-refractivity contribution is 0.485. The molecule has 0 saturated carbocycles. The summed E-state index contributed by atoms with van der Waals surface area (Å²) < 4.78 is 6.94. The Bertz CT molecular complexity index is 885. The Labute approximate surface area is 130 Å². The number of hydrogen-bond donors (Lipinski definition) is 0. The highest BCUT2D eigenvalue weighted by Gasteiger charge is 2.12. The van der Waals surface area contributed by atoms with E-state index in [0.29, 0.717) is 40.1 Å². The highest BCUT2D eigenvalue weighted by Crippen LogP contribution is 2.21. The van der Waals surface area contributed by atoms with Crippen LogP contribution in [0.5, 0.6) is 0 Å². The second-order valence-electron chi connectivity index (χ2n) is 4.62. The van der Waals surface area contributed by atoms with E-state index < -0.39 is 0 Å². The molecule has 0 aliphatic rings. The summed E-state index contributed by atoms with van der Waals surface area (Å²) in [6.07, 6.45) is 1.68. The van der Waals surface area contributed by atoms with Crippen LogP contribution in [0.2, 0.25) is 0 Å². The minimum atomic E-state index is -0.0743. The van der Waals surface area contributed by atoms with Gasteiger partial charge in [0.15, 0.2) is 5.16 Å². The van der Waals surface area contributed by atoms with Crippen molar-refractivity contribution in [3.63, 3.8) is 0 Å². The predicted molar refractivity (Wildman–Crippen MR) is 84.8 cm³/mol. The molecule has 0 saturated heterocycles. The van der Waals surface area contributed by atoms with Crippen LogP contribution in [-0.2, 0) is 12.3 Å². The normalized spacial score (nSPS) is 11.0. The maximum Gasteiger partial charge on any atom is 0.262 e. The van der Waals surface area contributed by atoms with E-state index in [1.807, 2.05) is 18.2 Å². The minimum absolute atomic E-state index is 0.0743. The Hall–Kier alpha value is -2.41. The van der Waals surface area contributed by atoms with Gasteiger partial charge in [-0.1, -0.05) is 30.0 Å². The van der Waals surface area contributed by atoms with Crippen molar-refractivity contribution < 1.29 is 4.42 Å². The molecule has 112 valence electrons. The standard InChI is InChI=1S/C15H14N4O2S/c1-3-8-19-14(20)11-6-4-5-7-12(11)16-15(19)22-9-13-18-17-10(2)21-13/h3-7H,1,8-9H2,2H3. The van der Waals surface area contributed by atoms with Gasteiger partial charge in [0.1, 0.15) is 0 Å². The molecule has 0 fully saturated rings. The minimum Gasteiger partial charge on any atom is -0.425 e. The van der Waals surface area contributed by atoms with Crippen molar-refractivity contribution in [1.82, 2.24) is 19.7 Å².